The minimum absolute atomic E-state index is 0.00361. The van der Waals surface area contributed by atoms with Gasteiger partial charge in [0.1, 0.15) is 11.3 Å². The molecule has 0 spiro atoms. The molecule has 0 radical (unpaired) electrons. The van der Waals surface area contributed by atoms with Crippen LogP contribution in [0.4, 0.5) is 16.4 Å². The number of methoxy groups -OCH3 is 1. The van der Waals surface area contributed by atoms with Gasteiger partial charge in [-0.2, -0.15) is 0 Å². The zero-order valence-electron chi connectivity index (χ0n) is 21.7. The molecule has 5 heterocycles. The first-order valence-corrected chi connectivity index (χ1v) is 12.7. The number of hydrogen-bond acceptors (Lipinski definition) is 10. The number of pyridine rings is 1. The number of carbonyl (C=O) groups is 2. The number of morpholine rings is 1. The molecule has 0 aliphatic carbocycles. The Morgan fingerprint density at radius 3 is 2.58 bits per heavy atom. The summed E-state index contributed by atoms with van der Waals surface area (Å²) in [6.07, 6.45) is 3.12. The quantitative estimate of drug-likeness (QED) is 0.474. The molecule has 38 heavy (non-hydrogen) atoms. The van der Waals surface area contributed by atoms with Crippen molar-refractivity contribution in [2.75, 3.05) is 76.4 Å². The lowest BCUT2D eigenvalue weighted by molar-refractivity contribution is -0.131. The van der Waals surface area contributed by atoms with Crippen LogP contribution in [-0.2, 0) is 20.8 Å². The fourth-order valence-corrected chi connectivity index (χ4v) is 4.80. The van der Waals surface area contributed by atoms with Crippen LogP contribution in [0.5, 0.6) is 0 Å². The first kappa shape index (κ1) is 25.8. The van der Waals surface area contributed by atoms with E-state index < -0.39 is 6.09 Å². The van der Waals surface area contributed by atoms with Gasteiger partial charge in [0, 0.05) is 63.8 Å². The van der Waals surface area contributed by atoms with Gasteiger partial charge in [-0.15, -0.1) is 5.10 Å². The van der Waals surface area contributed by atoms with Crippen LogP contribution in [0.3, 0.4) is 0 Å². The van der Waals surface area contributed by atoms with Crippen LogP contribution >= 0.6 is 0 Å². The molecule has 2 aliphatic heterocycles. The third-order valence-corrected chi connectivity index (χ3v) is 6.88. The van der Waals surface area contributed by atoms with Gasteiger partial charge in [0.05, 0.1) is 26.9 Å². The van der Waals surface area contributed by atoms with Crippen molar-refractivity contribution >= 4 is 29.2 Å². The van der Waals surface area contributed by atoms with E-state index in [4.69, 9.17) is 20.6 Å². The summed E-state index contributed by atoms with van der Waals surface area (Å²) in [5.74, 6) is 1.78. The lowest BCUT2D eigenvalue weighted by Gasteiger charge is -2.34. The van der Waals surface area contributed by atoms with Crippen LogP contribution < -0.4 is 16.0 Å². The van der Waals surface area contributed by atoms with Crippen LogP contribution in [0.1, 0.15) is 11.1 Å². The van der Waals surface area contributed by atoms with Crippen LogP contribution in [0.2, 0.25) is 0 Å². The summed E-state index contributed by atoms with van der Waals surface area (Å²) in [7, 11) is 1.31. The van der Waals surface area contributed by atoms with Crippen molar-refractivity contribution in [3.8, 4) is 11.4 Å². The largest absolute Gasteiger partial charge is 0.453 e. The second kappa shape index (κ2) is 11.3. The summed E-state index contributed by atoms with van der Waals surface area (Å²) in [6.45, 7) is 8.43. The number of aromatic nitrogens is 4. The fourth-order valence-electron chi connectivity index (χ4n) is 4.80. The molecule has 2 aliphatic rings. The molecule has 202 valence electrons. The van der Waals surface area contributed by atoms with Gasteiger partial charge in [-0.05, 0) is 30.2 Å². The standard InChI is InChI=1S/C25H33N9O4/c1-17-11-21(28-25(36)37-2)27-14-19(17)23-29-24(33-7-9-38-10-8-33)20-12-18(16-34(20)30-23)15-31-3-5-32(6-4-31)22(35)13-26/h11-12,14,16H,3-10,13,15,26H2,1-2H3,(H,27,28,36). The molecule has 3 aromatic heterocycles. The van der Waals surface area contributed by atoms with Gasteiger partial charge in [-0.3, -0.25) is 15.0 Å². The van der Waals surface area contributed by atoms with Crippen LogP contribution in [0, 0.1) is 6.92 Å². The van der Waals surface area contributed by atoms with Crippen molar-refractivity contribution in [1.82, 2.24) is 29.4 Å². The highest BCUT2D eigenvalue weighted by Gasteiger charge is 2.23. The van der Waals surface area contributed by atoms with E-state index in [1.807, 2.05) is 22.5 Å². The Morgan fingerprint density at radius 2 is 1.89 bits per heavy atom. The van der Waals surface area contributed by atoms with E-state index in [0.717, 1.165) is 60.7 Å². The molecular formula is C25H33N9O4. The molecule has 13 heteroatoms. The number of nitrogens with one attached hydrogen (secondary N) is 1. The molecule has 0 aromatic carbocycles. The first-order chi connectivity index (χ1) is 18.4. The number of nitrogens with two attached hydrogens (primary N) is 1. The summed E-state index contributed by atoms with van der Waals surface area (Å²) in [5.41, 5.74) is 9.21. The average Bonchev–Trinajstić information content (AvgIpc) is 3.35. The molecule has 0 saturated carbocycles. The van der Waals surface area contributed by atoms with E-state index in [1.165, 1.54) is 7.11 Å². The Morgan fingerprint density at radius 1 is 1.13 bits per heavy atom. The molecule has 2 fully saturated rings. The van der Waals surface area contributed by atoms with Crippen molar-refractivity contribution in [1.29, 1.82) is 0 Å². The maximum absolute atomic E-state index is 11.9. The molecule has 3 N–H and O–H groups in total. The number of piperazine rings is 1. The number of nitrogens with zero attached hydrogens (tertiary/aromatic N) is 7. The molecule has 2 saturated heterocycles. The van der Waals surface area contributed by atoms with Crippen molar-refractivity contribution in [2.24, 2.45) is 5.73 Å². The van der Waals surface area contributed by atoms with Gasteiger partial charge in [0.25, 0.3) is 0 Å². The molecule has 0 atom stereocenters. The Kier molecular flexibility index (Phi) is 7.67. The van der Waals surface area contributed by atoms with E-state index in [1.54, 1.807) is 12.3 Å². The van der Waals surface area contributed by atoms with Crippen LogP contribution in [0.25, 0.3) is 16.9 Å². The smallest absolute Gasteiger partial charge is 0.412 e. The first-order valence-electron chi connectivity index (χ1n) is 12.7. The zero-order chi connectivity index (χ0) is 26.6. The van der Waals surface area contributed by atoms with Crippen molar-refractivity contribution in [2.45, 2.75) is 13.5 Å². The fraction of sp³-hybridized carbons (Fsp3) is 0.480. The zero-order valence-corrected chi connectivity index (χ0v) is 21.7. The summed E-state index contributed by atoms with van der Waals surface area (Å²) in [6, 6.07) is 3.91. The second-order valence-electron chi connectivity index (χ2n) is 9.40. The number of rotatable bonds is 6. The van der Waals surface area contributed by atoms with Crippen LogP contribution in [0.15, 0.2) is 24.5 Å². The molecule has 5 rings (SSSR count). The maximum Gasteiger partial charge on any atom is 0.412 e. The van der Waals surface area contributed by atoms with Crippen molar-refractivity contribution in [3.63, 3.8) is 0 Å². The van der Waals surface area contributed by atoms with Crippen molar-refractivity contribution in [3.05, 3.63) is 35.7 Å². The minimum atomic E-state index is -0.579. The highest BCUT2D eigenvalue weighted by Crippen LogP contribution is 2.28. The van der Waals surface area contributed by atoms with Gasteiger partial charge in [-0.25, -0.2) is 19.3 Å². The number of amides is 2. The molecule has 0 bridgehead atoms. The summed E-state index contributed by atoms with van der Waals surface area (Å²) >= 11 is 0. The van der Waals surface area contributed by atoms with Gasteiger partial charge >= 0.3 is 6.09 Å². The predicted octanol–water partition coefficient (Wildman–Crippen LogP) is 0.718. The Bertz CT molecular complexity index is 1310. The topological polar surface area (TPSA) is 143 Å². The lowest BCUT2D eigenvalue weighted by Crippen LogP contribution is -2.49. The summed E-state index contributed by atoms with van der Waals surface area (Å²) in [5, 5.41) is 7.42. The van der Waals surface area contributed by atoms with E-state index >= 15 is 0 Å². The maximum atomic E-state index is 11.9. The number of fused-ring (bicyclic) bond motifs is 1. The summed E-state index contributed by atoms with van der Waals surface area (Å²) < 4.78 is 12.1. The van der Waals surface area contributed by atoms with Gasteiger partial charge in [0.2, 0.25) is 5.91 Å². The Hall–Kier alpha value is -3.81. The monoisotopic (exact) mass is 523 g/mol. The van der Waals surface area contributed by atoms with E-state index in [2.05, 4.69) is 30.9 Å². The number of carbonyl (C=O) groups excluding carboxylic acids is 2. The molecule has 3 aromatic rings. The SMILES string of the molecule is COC(=O)Nc1cc(C)c(-c2nc(N3CCOCC3)c3cc(CN4CCN(C(=O)CN)CC4)cn3n2)cn1. The van der Waals surface area contributed by atoms with E-state index in [0.29, 0.717) is 37.9 Å². The third kappa shape index (κ3) is 5.54. The Labute approximate surface area is 220 Å². The van der Waals surface area contributed by atoms with E-state index in [-0.39, 0.29) is 12.5 Å². The Balaban J connectivity index is 1.44. The molecular weight excluding hydrogens is 490 g/mol. The number of ether oxygens (including phenoxy) is 2. The lowest BCUT2D eigenvalue weighted by atomic mass is 10.1. The molecule has 2 amide bonds. The van der Waals surface area contributed by atoms with Crippen molar-refractivity contribution < 1.29 is 19.1 Å². The number of hydrogen-bond donors (Lipinski definition) is 2. The highest BCUT2D eigenvalue weighted by molar-refractivity contribution is 5.83. The molecule has 13 nitrogen and oxygen atoms in total. The number of aryl methyl sites for hydroxylation is 1. The van der Waals surface area contributed by atoms with E-state index in [9.17, 15) is 9.59 Å². The third-order valence-electron chi connectivity index (χ3n) is 6.88. The molecule has 0 unspecified atom stereocenters. The highest BCUT2D eigenvalue weighted by atomic mass is 16.5. The predicted molar refractivity (Wildman–Crippen MR) is 141 cm³/mol. The van der Waals surface area contributed by atoms with Gasteiger partial charge in [0.15, 0.2) is 11.6 Å². The van der Waals surface area contributed by atoms with Gasteiger partial charge < -0.3 is 25.0 Å². The summed E-state index contributed by atoms with van der Waals surface area (Å²) in [4.78, 5) is 39.2. The van der Waals surface area contributed by atoms with Gasteiger partial charge in [-0.1, -0.05) is 0 Å². The second-order valence-corrected chi connectivity index (χ2v) is 9.40. The normalized spacial score (nSPS) is 16.6. The number of anilines is 2. The average molecular weight is 524 g/mol. The minimum Gasteiger partial charge on any atom is -0.453 e. The van der Waals surface area contributed by atoms with Crippen LogP contribution in [-0.4, -0.2) is 108 Å².